The van der Waals surface area contributed by atoms with Gasteiger partial charge in [-0.2, -0.15) is 5.10 Å². The predicted molar refractivity (Wildman–Crippen MR) is 97.9 cm³/mol. The number of benzene rings is 1. The quantitative estimate of drug-likeness (QED) is 0.669. The lowest BCUT2D eigenvalue weighted by molar-refractivity contribution is -0.121. The molecule has 140 valence electrons. The molecule has 8 heteroatoms. The minimum absolute atomic E-state index is 0.0617. The van der Waals surface area contributed by atoms with Crippen LogP contribution in [0.2, 0.25) is 0 Å². The molecule has 0 bridgehead atoms. The van der Waals surface area contributed by atoms with Gasteiger partial charge in [0.25, 0.3) is 5.91 Å². The number of nitrogens with zero attached hydrogens (tertiary/aromatic N) is 2. The van der Waals surface area contributed by atoms with Crippen molar-refractivity contribution in [2.75, 3.05) is 39.4 Å². The van der Waals surface area contributed by atoms with Gasteiger partial charge >= 0.3 is 0 Å². The zero-order chi connectivity index (χ0) is 18.4. The Morgan fingerprint density at radius 3 is 2.88 bits per heavy atom. The first-order valence-corrected chi connectivity index (χ1v) is 8.94. The second kappa shape index (κ2) is 8.77. The maximum atomic E-state index is 12.2. The molecule has 26 heavy (non-hydrogen) atoms. The molecule has 1 aliphatic rings. The van der Waals surface area contributed by atoms with E-state index in [0.29, 0.717) is 5.69 Å². The molecule has 3 rings (SSSR count). The molecule has 1 aromatic carbocycles. The van der Waals surface area contributed by atoms with Crippen molar-refractivity contribution in [1.82, 2.24) is 25.7 Å². The van der Waals surface area contributed by atoms with Gasteiger partial charge in [0.2, 0.25) is 5.91 Å². The first-order valence-electron chi connectivity index (χ1n) is 8.94. The third-order valence-electron chi connectivity index (χ3n) is 4.37. The molecule has 2 aromatic rings. The van der Waals surface area contributed by atoms with Crippen molar-refractivity contribution in [3.63, 3.8) is 0 Å². The number of aromatic nitrogens is 2. The molecule has 3 N–H and O–H groups in total. The number of morpholine rings is 1. The average Bonchev–Trinajstić information content (AvgIpc) is 3.06. The minimum atomic E-state index is -0.281. The number of nitrogens with one attached hydrogen (secondary N) is 3. The number of rotatable bonds is 7. The van der Waals surface area contributed by atoms with Gasteiger partial charge < -0.3 is 15.4 Å². The summed E-state index contributed by atoms with van der Waals surface area (Å²) in [5.41, 5.74) is 1.16. The molecule has 1 fully saturated rings. The van der Waals surface area contributed by atoms with Crippen LogP contribution in [0.3, 0.4) is 0 Å². The fourth-order valence-electron chi connectivity index (χ4n) is 3.07. The first-order chi connectivity index (χ1) is 12.6. The molecular weight excluding hydrogens is 334 g/mol. The monoisotopic (exact) mass is 359 g/mol. The van der Waals surface area contributed by atoms with Gasteiger partial charge in [-0.1, -0.05) is 18.2 Å². The Morgan fingerprint density at radius 2 is 2.08 bits per heavy atom. The number of para-hydroxylation sites is 1. The van der Waals surface area contributed by atoms with Crippen molar-refractivity contribution < 1.29 is 14.3 Å². The third kappa shape index (κ3) is 4.80. The lowest BCUT2D eigenvalue weighted by atomic mass is 10.2. The fraction of sp³-hybridized carbons (Fsp3) is 0.500. The van der Waals surface area contributed by atoms with Gasteiger partial charge in [0, 0.05) is 44.0 Å². The molecule has 0 aliphatic carbocycles. The molecule has 2 heterocycles. The highest BCUT2D eigenvalue weighted by atomic mass is 16.5. The Kier molecular flexibility index (Phi) is 6.19. The second-order valence-corrected chi connectivity index (χ2v) is 6.51. The number of aromatic amines is 1. The van der Waals surface area contributed by atoms with E-state index >= 15 is 0 Å². The van der Waals surface area contributed by atoms with Gasteiger partial charge in [0.05, 0.1) is 18.7 Å². The normalized spacial score (nSPS) is 16.3. The van der Waals surface area contributed by atoms with E-state index in [2.05, 4.69) is 25.7 Å². The molecule has 1 unspecified atom stereocenters. The van der Waals surface area contributed by atoms with E-state index in [9.17, 15) is 9.59 Å². The van der Waals surface area contributed by atoms with Crippen LogP contribution in [0.4, 0.5) is 0 Å². The van der Waals surface area contributed by atoms with E-state index in [0.717, 1.165) is 43.8 Å². The largest absolute Gasteiger partial charge is 0.379 e. The van der Waals surface area contributed by atoms with Crippen LogP contribution in [0.5, 0.6) is 0 Å². The van der Waals surface area contributed by atoms with Gasteiger partial charge in [0.15, 0.2) is 5.69 Å². The highest BCUT2D eigenvalue weighted by Crippen LogP contribution is 2.14. The van der Waals surface area contributed by atoms with Crippen molar-refractivity contribution >= 4 is 22.7 Å². The Hall–Kier alpha value is -2.45. The summed E-state index contributed by atoms with van der Waals surface area (Å²) >= 11 is 0. The summed E-state index contributed by atoms with van der Waals surface area (Å²) in [6.45, 7) is 6.35. The van der Waals surface area contributed by atoms with Crippen molar-refractivity contribution in [3.8, 4) is 0 Å². The zero-order valence-electron chi connectivity index (χ0n) is 15.0. The Labute approximate surface area is 152 Å². The van der Waals surface area contributed by atoms with Crippen LogP contribution in [0.1, 0.15) is 23.8 Å². The first kappa shape index (κ1) is 18.3. The molecule has 1 saturated heterocycles. The summed E-state index contributed by atoms with van der Waals surface area (Å²) in [4.78, 5) is 26.6. The summed E-state index contributed by atoms with van der Waals surface area (Å²) in [5.74, 6) is -0.352. The second-order valence-electron chi connectivity index (χ2n) is 6.51. The van der Waals surface area contributed by atoms with Crippen LogP contribution in [0.25, 0.3) is 10.9 Å². The lowest BCUT2D eigenvalue weighted by Gasteiger charge is -2.29. The van der Waals surface area contributed by atoms with Gasteiger partial charge in [-0.15, -0.1) is 0 Å². The molecule has 1 aliphatic heterocycles. The van der Waals surface area contributed by atoms with Crippen molar-refractivity contribution in [1.29, 1.82) is 0 Å². The van der Waals surface area contributed by atoms with Crippen LogP contribution in [-0.4, -0.2) is 72.3 Å². The number of ether oxygens (including phenoxy) is 1. The van der Waals surface area contributed by atoms with E-state index in [1.807, 2.05) is 31.2 Å². The molecule has 1 atom stereocenters. The smallest absolute Gasteiger partial charge is 0.272 e. The summed E-state index contributed by atoms with van der Waals surface area (Å²) < 4.78 is 5.32. The van der Waals surface area contributed by atoms with Crippen LogP contribution >= 0.6 is 0 Å². The van der Waals surface area contributed by atoms with Gasteiger partial charge in [-0.25, -0.2) is 0 Å². The Bertz CT molecular complexity index is 754. The SMILES string of the molecule is CC(CN1CCOCC1)NC(=O)CCNC(=O)c1n[nH]c2ccccc12. The predicted octanol–water partition coefficient (Wildman–Crippen LogP) is 0.520. The van der Waals surface area contributed by atoms with Crippen LogP contribution in [0, 0.1) is 0 Å². The highest BCUT2D eigenvalue weighted by molar-refractivity contribution is 6.04. The lowest BCUT2D eigenvalue weighted by Crippen LogP contribution is -2.46. The Balaban J connectivity index is 1.39. The number of hydrogen-bond acceptors (Lipinski definition) is 5. The number of H-pyrrole nitrogens is 1. The minimum Gasteiger partial charge on any atom is -0.379 e. The molecule has 0 saturated carbocycles. The fourth-order valence-corrected chi connectivity index (χ4v) is 3.07. The number of amides is 2. The molecule has 0 radical (unpaired) electrons. The van der Waals surface area contributed by atoms with Crippen LogP contribution in [-0.2, 0) is 9.53 Å². The molecule has 8 nitrogen and oxygen atoms in total. The number of carbonyl (C=O) groups is 2. The third-order valence-corrected chi connectivity index (χ3v) is 4.37. The van der Waals surface area contributed by atoms with Gasteiger partial charge in [-0.3, -0.25) is 19.6 Å². The van der Waals surface area contributed by atoms with E-state index in [-0.39, 0.29) is 30.8 Å². The highest BCUT2D eigenvalue weighted by Gasteiger charge is 2.16. The molecule has 1 aromatic heterocycles. The zero-order valence-corrected chi connectivity index (χ0v) is 15.0. The van der Waals surface area contributed by atoms with E-state index in [4.69, 9.17) is 4.74 Å². The molecular formula is C18H25N5O3. The summed E-state index contributed by atoms with van der Waals surface area (Å²) in [6, 6.07) is 7.50. The number of hydrogen-bond donors (Lipinski definition) is 3. The maximum Gasteiger partial charge on any atom is 0.272 e. The van der Waals surface area contributed by atoms with Crippen molar-refractivity contribution in [2.45, 2.75) is 19.4 Å². The van der Waals surface area contributed by atoms with E-state index < -0.39 is 0 Å². The van der Waals surface area contributed by atoms with E-state index in [1.54, 1.807) is 0 Å². The summed E-state index contributed by atoms with van der Waals surface area (Å²) in [5, 5.41) is 13.4. The van der Waals surface area contributed by atoms with Crippen LogP contribution < -0.4 is 10.6 Å². The topological polar surface area (TPSA) is 99.3 Å². The molecule has 2 amide bonds. The van der Waals surface area contributed by atoms with Crippen LogP contribution in [0.15, 0.2) is 24.3 Å². The standard InChI is InChI=1S/C18H25N5O3/c1-13(12-23-8-10-26-11-9-23)20-16(24)6-7-19-18(25)17-14-4-2-3-5-15(14)21-22-17/h2-5,13H,6-12H2,1H3,(H,19,25)(H,20,24)(H,21,22). The van der Waals surface area contributed by atoms with Crippen molar-refractivity contribution in [3.05, 3.63) is 30.0 Å². The maximum absolute atomic E-state index is 12.2. The average molecular weight is 359 g/mol. The number of fused-ring (bicyclic) bond motifs is 1. The molecule has 0 spiro atoms. The summed E-state index contributed by atoms with van der Waals surface area (Å²) in [7, 11) is 0. The van der Waals surface area contributed by atoms with E-state index in [1.165, 1.54) is 0 Å². The van der Waals surface area contributed by atoms with Crippen molar-refractivity contribution in [2.24, 2.45) is 0 Å². The number of carbonyl (C=O) groups excluding carboxylic acids is 2. The van der Waals surface area contributed by atoms with Gasteiger partial charge in [-0.05, 0) is 13.0 Å². The Morgan fingerprint density at radius 1 is 1.31 bits per heavy atom. The summed E-state index contributed by atoms with van der Waals surface area (Å²) in [6.07, 6.45) is 0.238. The van der Waals surface area contributed by atoms with Gasteiger partial charge in [0.1, 0.15) is 0 Å².